The van der Waals surface area contributed by atoms with Crippen LogP contribution in [0.25, 0.3) is 10.6 Å². The molecule has 1 aromatic carbocycles. The van der Waals surface area contributed by atoms with Gasteiger partial charge in [-0.25, -0.2) is 0 Å². The van der Waals surface area contributed by atoms with Crippen molar-refractivity contribution in [2.24, 2.45) is 5.92 Å². The minimum Gasteiger partial charge on any atom is -0.344 e. The normalized spacial score (nSPS) is 14.2. The molecule has 0 unspecified atom stereocenters. The number of amides is 1. The molecule has 8 heteroatoms. The van der Waals surface area contributed by atoms with E-state index in [-0.39, 0.29) is 5.91 Å². The molecule has 1 aliphatic carbocycles. The van der Waals surface area contributed by atoms with Crippen molar-refractivity contribution in [2.45, 2.75) is 32.4 Å². The number of nitrogens with zero attached hydrogens (tertiary/aromatic N) is 5. The SMILES string of the molecule is O=C(NCc1nnc(-c2ccccc2)s1)c1cn(CC2CCC2)nn1. The van der Waals surface area contributed by atoms with Gasteiger partial charge in [-0.05, 0) is 18.8 Å². The molecule has 1 saturated carbocycles. The Hall–Kier alpha value is -2.61. The van der Waals surface area contributed by atoms with Gasteiger partial charge in [-0.1, -0.05) is 53.3 Å². The van der Waals surface area contributed by atoms with Gasteiger partial charge in [-0.15, -0.1) is 15.3 Å². The number of aromatic nitrogens is 5. The highest BCUT2D eigenvalue weighted by atomic mass is 32.1. The van der Waals surface area contributed by atoms with E-state index in [0.29, 0.717) is 18.2 Å². The van der Waals surface area contributed by atoms with Crippen molar-refractivity contribution in [3.8, 4) is 10.6 Å². The van der Waals surface area contributed by atoms with Gasteiger partial charge in [0.2, 0.25) is 0 Å². The van der Waals surface area contributed by atoms with Crippen LogP contribution in [-0.2, 0) is 13.1 Å². The van der Waals surface area contributed by atoms with Crippen molar-refractivity contribution < 1.29 is 4.79 Å². The predicted octanol–water partition coefficient (Wildman–Crippen LogP) is 2.53. The van der Waals surface area contributed by atoms with Crippen molar-refractivity contribution in [3.63, 3.8) is 0 Å². The Balaban J connectivity index is 1.33. The fourth-order valence-electron chi connectivity index (χ4n) is 2.70. The minimum atomic E-state index is -0.240. The molecule has 1 aliphatic rings. The Morgan fingerprint density at radius 1 is 1.20 bits per heavy atom. The summed E-state index contributed by atoms with van der Waals surface area (Å²) in [5, 5.41) is 20.7. The summed E-state index contributed by atoms with van der Waals surface area (Å²) < 4.78 is 1.76. The van der Waals surface area contributed by atoms with Gasteiger partial charge < -0.3 is 5.32 Å². The summed E-state index contributed by atoms with van der Waals surface area (Å²) in [5.41, 5.74) is 1.36. The topological polar surface area (TPSA) is 85.6 Å². The average molecular weight is 354 g/mol. The molecule has 0 bridgehead atoms. The van der Waals surface area contributed by atoms with Crippen molar-refractivity contribution in [1.82, 2.24) is 30.5 Å². The lowest BCUT2D eigenvalue weighted by Crippen LogP contribution is -2.23. The number of carbonyl (C=O) groups is 1. The Morgan fingerprint density at radius 2 is 2.04 bits per heavy atom. The molecule has 7 nitrogen and oxygen atoms in total. The smallest absolute Gasteiger partial charge is 0.273 e. The number of carbonyl (C=O) groups excluding carboxylic acids is 1. The summed E-state index contributed by atoms with van der Waals surface area (Å²) in [4.78, 5) is 12.2. The summed E-state index contributed by atoms with van der Waals surface area (Å²) in [7, 11) is 0. The van der Waals surface area contributed by atoms with Gasteiger partial charge in [-0.3, -0.25) is 9.48 Å². The number of hydrogen-bond acceptors (Lipinski definition) is 6. The summed E-state index contributed by atoms with van der Waals surface area (Å²) in [6.45, 7) is 1.18. The van der Waals surface area contributed by atoms with E-state index in [9.17, 15) is 4.79 Å². The van der Waals surface area contributed by atoms with Crippen molar-refractivity contribution >= 4 is 17.2 Å². The van der Waals surface area contributed by atoms with E-state index in [4.69, 9.17) is 0 Å². The molecule has 0 aliphatic heterocycles. The van der Waals surface area contributed by atoms with Gasteiger partial charge in [0.25, 0.3) is 5.91 Å². The van der Waals surface area contributed by atoms with Crippen molar-refractivity contribution in [1.29, 1.82) is 0 Å². The highest BCUT2D eigenvalue weighted by molar-refractivity contribution is 7.14. The molecular formula is C17H18N6OS. The fourth-order valence-corrected chi connectivity index (χ4v) is 3.49. The van der Waals surface area contributed by atoms with E-state index in [1.165, 1.54) is 30.6 Å². The van der Waals surface area contributed by atoms with E-state index in [0.717, 1.165) is 22.1 Å². The number of nitrogens with one attached hydrogen (secondary N) is 1. The molecule has 2 aromatic heterocycles. The van der Waals surface area contributed by atoms with Crippen LogP contribution in [0, 0.1) is 5.92 Å². The Morgan fingerprint density at radius 3 is 2.80 bits per heavy atom. The van der Waals surface area contributed by atoms with Gasteiger partial charge in [0.15, 0.2) is 5.69 Å². The third-order valence-electron chi connectivity index (χ3n) is 4.33. The summed E-state index contributed by atoms with van der Waals surface area (Å²) in [6.07, 6.45) is 5.48. The van der Waals surface area contributed by atoms with Gasteiger partial charge in [-0.2, -0.15) is 0 Å². The first-order valence-electron chi connectivity index (χ1n) is 8.34. The minimum absolute atomic E-state index is 0.240. The van der Waals surface area contributed by atoms with Crippen molar-refractivity contribution in [2.75, 3.05) is 0 Å². The first-order valence-corrected chi connectivity index (χ1v) is 9.16. The van der Waals surface area contributed by atoms with Crippen LogP contribution in [0.5, 0.6) is 0 Å². The van der Waals surface area contributed by atoms with E-state index in [1.807, 2.05) is 30.3 Å². The van der Waals surface area contributed by atoms with E-state index in [2.05, 4.69) is 25.8 Å². The summed E-state index contributed by atoms with van der Waals surface area (Å²) in [6, 6.07) is 9.87. The number of rotatable bonds is 6. The molecule has 4 rings (SSSR count). The zero-order valence-corrected chi connectivity index (χ0v) is 14.4. The molecule has 0 atom stereocenters. The molecule has 1 amide bonds. The zero-order valence-electron chi connectivity index (χ0n) is 13.6. The standard InChI is InChI=1S/C17H18N6OS/c24-16(14-11-23(22-19-14)10-12-5-4-6-12)18-9-15-20-21-17(25-15)13-7-2-1-3-8-13/h1-3,7-8,11-12H,4-6,9-10H2,(H,18,24). The second-order valence-corrected chi connectivity index (χ2v) is 7.23. The quantitative estimate of drug-likeness (QED) is 0.735. The van der Waals surface area contributed by atoms with Gasteiger partial charge >= 0.3 is 0 Å². The number of hydrogen-bond donors (Lipinski definition) is 1. The summed E-state index contributed by atoms with van der Waals surface area (Å²) >= 11 is 1.47. The third kappa shape index (κ3) is 3.74. The lowest BCUT2D eigenvalue weighted by atomic mass is 9.85. The molecule has 25 heavy (non-hydrogen) atoms. The second-order valence-electron chi connectivity index (χ2n) is 6.17. The average Bonchev–Trinajstić information content (AvgIpc) is 3.26. The lowest BCUT2D eigenvalue weighted by Gasteiger charge is -2.24. The monoisotopic (exact) mass is 354 g/mol. The first-order chi connectivity index (χ1) is 12.3. The fraction of sp³-hybridized carbons (Fsp3) is 0.353. The van der Waals surface area contributed by atoms with Crippen LogP contribution < -0.4 is 5.32 Å². The third-order valence-corrected chi connectivity index (χ3v) is 5.30. The maximum Gasteiger partial charge on any atom is 0.273 e. The Bertz CT molecular complexity index is 855. The molecule has 3 aromatic rings. The molecule has 0 saturated heterocycles. The maximum atomic E-state index is 12.2. The van der Waals surface area contributed by atoms with Gasteiger partial charge in [0.05, 0.1) is 12.7 Å². The highest BCUT2D eigenvalue weighted by Gasteiger charge is 2.19. The first kappa shape index (κ1) is 15.9. The van der Waals surface area contributed by atoms with Crippen molar-refractivity contribution in [3.05, 3.63) is 47.2 Å². The van der Waals surface area contributed by atoms with Gasteiger partial charge in [0.1, 0.15) is 10.0 Å². The van der Waals surface area contributed by atoms with E-state index < -0.39 is 0 Å². The molecule has 1 N–H and O–H groups in total. The molecular weight excluding hydrogens is 336 g/mol. The van der Waals surface area contributed by atoms with Crippen LogP contribution in [-0.4, -0.2) is 31.1 Å². The van der Waals surface area contributed by atoms with Crippen LogP contribution in [0.15, 0.2) is 36.5 Å². The Kier molecular flexibility index (Phi) is 4.51. The van der Waals surface area contributed by atoms with Crippen LogP contribution in [0.1, 0.15) is 34.8 Å². The highest BCUT2D eigenvalue weighted by Crippen LogP contribution is 2.27. The van der Waals surface area contributed by atoms with E-state index >= 15 is 0 Å². The van der Waals surface area contributed by atoms with Crippen LogP contribution in [0.4, 0.5) is 0 Å². The molecule has 1 fully saturated rings. The largest absolute Gasteiger partial charge is 0.344 e. The molecule has 0 spiro atoms. The molecule has 0 radical (unpaired) electrons. The van der Waals surface area contributed by atoms with Crippen LogP contribution in [0.2, 0.25) is 0 Å². The maximum absolute atomic E-state index is 12.2. The Labute approximate surface area is 149 Å². The predicted molar refractivity (Wildman–Crippen MR) is 93.9 cm³/mol. The summed E-state index contributed by atoms with van der Waals surface area (Å²) in [5.74, 6) is 0.437. The zero-order chi connectivity index (χ0) is 17.1. The second kappa shape index (κ2) is 7.10. The number of benzene rings is 1. The lowest BCUT2D eigenvalue weighted by molar-refractivity contribution is 0.0945. The van der Waals surface area contributed by atoms with Gasteiger partial charge in [0, 0.05) is 12.1 Å². The molecule has 128 valence electrons. The van der Waals surface area contributed by atoms with Crippen LogP contribution in [0.3, 0.4) is 0 Å². The molecule has 2 heterocycles. The van der Waals surface area contributed by atoms with E-state index in [1.54, 1.807) is 10.9 Å². The van der Waals surface area contributed by atoms with Crippen LogP contribution >= 0.6 is 11.3 Å².